The first-order chi connectivity index (χ1) is 9.09. The molecule has 19 heavy (non-hydrogen) atoms. The van der Waals surface area contributed by atoms with Crippen LogP contribution in [0, 0.1) is 13.8 Å². The minimum Gasteiger partial charge on any atom is -0.483 e. The van der Waals surface area contributed by atoms with Crippen molar-refractivity contribution in [1.29, 1.82) is 0 Å². The van der Waals surface area contributed by atoms with E-state index >= 15 is 0 Å². The van der Waals surface area contributed by atoms with Gasteiger partial charge in [0.2, 0.25) is 0 Å². The van der Waals surface area contributed by atoms with Crippen molar-refractivity contribution in [3.8, 4) is 5.75 Å². The third-order valence-corrected chi connectivity index (χ3v) is 4.03. The molecule has 0 spiro atoms. The van der Waals surface area contributed by atoms with Gasteiger partial charge in [-0.25, -0.2) is 0 Å². The minimum absolute atomic E-state index is 0.105. The third-order valence-electron chi connectivity index (χ3n) is 4.03. The molecule has 1 aromatic rings. The number of likely N-dealkylation sites (tertiary alicyclic amines) is 1. The van der Waals surface area contributed by atoms with Crippen LogP contribution in [0.2, 0.25) is 0 Å². The lowest BCUT2D eigenvalue weighted by molar-refractivity contribution is -0.136. The van der Waals surface area contributed by atoms with Gasteiger partial charge in [0.25, 0.3) is 5.91 Å². The smallest absolute Gasteiger partial charge is 0.260 e. The summed E-state index contributed by atoms with van der Waals surface area (Å²) in [7, 11) is 0. The van der Waals surface area contributed by atoms with Gasteiger partial charge in [0.15, 0.2) is 6.61 Å². The number of ether oxygens (including phenoxy) is 1. The van der Waals surface area contributed by atoms with E-state index in [-0.39, 0.29) is 12.5 Å². The predicted octanol–water partition coefficient (Wildman–Crippen LogP) is 3.08. The Balaban J connectivity index is 1.94. The van der Waals surface area contributed by atoms with Gasteiger partial charge in [-0.3, -0.25) is 4.79 Å². The summed E-state index contributed by atoms with van der Waals surface area (Å²) in [6.07, 6.45) is 3.44. The lowest BCUT2D eigenvalue weighted by Crippen LogP contribution is -2.44. The molecule has 1 heterocycles. The molecule has 2 rings (SSSR count). The Labute approximate surface area is 115 Å². The maximum Gasteiger partial charge on any atom is 0.260 e. The van der Waals surface area contributed by atoms with Crippen molar-refractivity contribution in [2.75, 3.05) is 13.2 Å². The molecule has 0 N–H and O–H groups in total. The molecular formula is C16H23NO2. The largest absolute Gasteiger partial charge is 0.483 e. The van der Waals surface area contributed by atoms with E-state index in [0.29, 0.717) is 6.04 Å². The van der Waals surface area contributed by atoms with Gasteiger partial charge in [-0.05, 0) is 57.2 Å². The second-order valence-electron chi connectivity index (χ2n) is 5.42. The molecule has 0 bridgehead atoms. The molecular weight excluding hydrogens is 238 g/mol. The van der Waals surface area contributed by atoms with E-state index in [1.165, 1.54) is 12.0 Å². The number of benzene rings is 1. The lowest BCUT2D eigenvalue weighted by atomic mass is 10.0. The highest BCUT2D eigenvalue weighted by atomic mass is 16.5. The van der Waals surface area contributed by atoms with Crippen LogP contribution in [0.1, 0.15) is 37.3 Å². The van der Waals surface area contributed by atoms with Gasteiger partial charge in [-0.1, -0.05) is 12.1 Å². The van der Waals surface area contributed by atoms with Crippen LogP contribution in [-0.4, -0.2) is 30.0 Å². The van der Waals surface area contributed by atoms with Crippen LogP contribution in [0.15, 0.2) is 18.2 Å². The number of rotatable bonds is 3. The number of carbonyl (C=O) groups is 1. The van der Waals surface area contributed by atoms with Gasteiger partial charge in [0.1, 0.15) is 5.75 Å². The normalized spacial score (nSPS) is 19.3. The quantitative estimate of drug-likeness (QED) is 0.837. The first-order valence-corrected chi connectivity index (χ1v) is 7.08. The fourth-order valence-electron chi connectivity index (χ4n) is 2.57. The topological polar surface area (TPSA) is 29.5 Å². The van der Waals surface area contributed by atoms with Crippen LogP contribution < -0.4 is 4.74 Å². The van der Waals surface area contributed by atoms with E-state index in [1.54, 1.807) is 0 Å². The van der Waals surface area contributed by atoms with E-state index < -0.39 is 0 Å². The highest BCUT2D eigenvalue weighted by Crippen LogP contribution is 2.21. The van der Waals surface area contributed by atoms with Crippen molar-refractivity contribution < 1.29 is 9.53 Å². The second-order valence-corrected chi connectivity index (χ2v) is 5.42. The van der Waals surface area contributed by atoms with E-state index in [0.717, 1.165) is 30.7 Å². The fraction of sp³-hybridized carbons (Fsp3) is 0.562. The van der Waals surface area contributed by atoms with Crippen LogP contribution in [0.5, 0.6) is 5.75 Å². The summed E-state index contributed by atoms with van der Waals surface area (Å²) in [5.74, 6) is 0.922. The first-order valence-electron chi connectivity index (χ1n) is 7.08. The van der Waals surface area contributed by atoms with E-state index in [1.807, 2.05) is 24.0 Å². The van der Waals surface area contributed by atoms with Gasteiger partial charge in [-0.15, -0.1) is 0 Å². The molecule has 1 unspecified atom stereocenters. The van der Waals surface area contributed by atoms with Gasteiger partial charge >= 0.3 is 0 Å². The number of nitrogens with zero attached hydrogens (tertiary/aromatic N) is 1. The molecule has 0 aromatic heterocycles. The van der Waals surface area contributed by atoms with Crippen molar-refractivity contribution >= 4 is 5.91 Å². The SMILES string of the molecule is Cc1cccc(OCC(=O)N2CCCCC2C)c1C. The summed E-state index contributed by atoms with van der Waals surface area (Å²) in [5, 5.41) is 0. The van der Waals surface area contributed by atoms with Crippen LogP contribution in [0.3, 0.4) is 0 Å². The van der Waals surface area contributed by atoms with Crippen molar-refractivity contribution in [1.82, 2.24) is 4.90 Å². The van der Waals surface area contributed by atoms with Gasteiger partial charge in [-0.2, -0.15) is 0 Å². The molecule has 0 saturated carbocycles. The van der Waals surface area contributed by atoms with Crippen molar-refractivity contribution in [3.63, 3.8) is 0 Å². The number of aryl methyl sites for hydroxylation is 1. The average molecular weight is 261 g/mol. The number of hydrogen-bond donors (Lipinski definition) is 0. The predicted molar refractivity (Wildman–Crippen MR) is 76.4 cm³/mol. The maximum atomic E-state index is 12.2. The number of piperidine rings is 1. The Morgan fingerprint density at radius 1 is 1.37 bits per heavy atom. The number of carbonyl (C=O) groups excluding carboxylic acids is 1. The summed E-state index contributed by atoms with van der Waals surface area (Å²) in [6, 6.07) is 6.29. The molecule has 1 aromatic carbocycles. The molecule has 1 aliphatic heterocycles. The monoisotopic (exact) mass is 261 g/mol. The second kappa shape index (κ2) is 6.09. The standard InChI is InChI=1S/C16H23NO2/c1-12-7-6-9-15(14(12)3)19-11-16(18)17-10-5-4-8-13(17)2/h6-7,9,13H,4-5,8,10-11H2,1-3H3. The van der Waals surface area contributed by atoms with E-state index in [9.17, 15) is 4.79 Å². The number of hydrogen-bond acceptors (Lipinski definition) is 2. The molecule has 1 atom stereocenters. The van der Waals surface area contributed by atoms with Crippen molar-refractivity contribution in [2.45, 2.75) is 46.1 Å². The lowest BCUT2D eigenvalue weighted by Gasteiger charge is -2.33. The van der Waals surface area contributed by atoms with Gasteiger partial charge < -0.3 is 9.64 Å². The fourth-order valence-corrected chi connectivity index (χ4v) is 2.57. The maximum absolute atomic E-state index is 12.2. The van der Waals surface area contributed by atoms with Crippen LogP contribution in [0.4, 0.5) is 0 Å². The molecule has 1 saturated heterocycles. The highest BCUT2D eigenvalue weighted by molar-refractivity contribution is 5.78. The summed E-state index contributed by atoms with van der Waals surface area (Å²) in [6.45, 7) is 7.22. The Kier molecular flexibility index (Phi) is 4.46. The zero-order chi connectivity index (χ0) is 13.8. The van der Waals surface area contributed by atoms with Crippen molar-refractivity contribution in [3.05, 3.63) is 29.3 Å². The zero-order valence-electron chi connectivity index (χ0n) is 12.1. The first kappa shape index (κ1) is 13.9. The Hall–Kier alpha value is -1.51. The Morgan fingerprint density at radius 2 is 2.16 bits per heavy atom. The average Bonchev–Trinajstić information content (AvgIpc) is 2.40. The zero-order valence-corrected chi connectivity index (χ0v) is 12.1. The van der Waals surface area contributed by atoms with Crippen LogP contribution >= 0.6 is 0 Å². The molecule has 0 aliphatic carbocycles. The molecule has 0 radical (unpaired) electrons. The molecule has 3 heteroatoms. The molecule has 1 amide bonds. The summed E-state index contributed by atoms with van der Waals surface area (Å²) >= 11 is 0. The summed E-state index contributed by atoms with van der Waals surface area (Å²) < 4.78 is 5.69. The van der Waals surface area contributed by atoms with E-state index in [4.69, 9.17) is 4.74 Å². The summed E-state index contributed by atoms with van der Waals surface area (Å²) in [5.41, 5.74) is 2.30. The van der Waals surface area contributed by atoms with Gasteiger partial charge in [0, 0.05) is 12.6 Å². The van der Waals surface area contributed by atoms with Gasteiger partial charge in [0.05, 0.1) is 0 Å². The molecule has 3 nitrogen and oxygen atoms in total. The molecule has 104 valence electrons. The van der Waals surface area contributed by atoms with E-state index in [2.05, 4.69) is 19.9 Å². The third kappa shape index (κ3) is 3.28. The molecule has 1 fully saturated rings. The summed E-state index contributed by atoms with van der Waals surface area (Å²) in [4.78, 5) is 14.1. The van der Waals surface area contributed by atoms with Crippen LogP contribution in [-0.2, 0) is 4.79 Å². The minimum atomic E-state index is 0.105. The van der Waals surface area contributed by atoms with Crippen LogP contribution in [0.25, 0.3) is 0 Å². The van der Waals surface area contributed by atoms with Crippen molar-refractivity contribution in [2.24, 2.45) is 0 Å². The highest BCUT2D eigenvalue weighted by Gasteiger charge is 2.23. The Bertz CT molecular complexity index is 456. The number of amides is 1. The molecule has 1 aliphatic rings. The Morgan fingerprint density at radius 3 is 2.89 bits per heavy atom.